The molecular formula is C16H24N4. The van der Waals surface area contributed by atoms with E-state index in [1.54, 1.807) is 0 Å². The van der Waals surface area contributed by atoms with Gasteiger partial charge in [0.2, 0.25) is 0 Å². The summed E-state index contributed by atoms with van der Waals surface area (Å²) in [7, 11) is 10.3. The van der Waals surface area contributed by atoms with Gasteiger partial charge in [-0.05, 0) is 20.0 Å². The Labute approximate surface area is 121 Å². The minimum atomic E-state index is 0.828. The van der Waals surface area contributed by atoms with Gasteiger partial charge in [0.25, 0.3) is 0 Å². The summed E-state index contributed by atoms with van der Waals surface area (Å²) in [5, 5.41) is 4.45. The van der Waals surface area contributed by atoms with E-state index in [0.29, 0.717) is 0 Å². The molecule has 0 amide bonds. The number of rotatable bonds is 4. The molecule has 0 radical (unpaired) electrons. The van der Waals surface area contributed by atoms with Gasteiger partial charge in [-0.25, -0.2) is 0 Å². The monoisotopic (exact) mass is 272 g/mol. The van der Waals surface area contributed by atoms with Gasteiger partial charge in [-0.1, -0.05) is 12.1 Å². The summed E-state index contributed by atoms with van der Waals surface area (Å²) in [6.45, 7) is 2.92. The van der Waals surface area contributed by atoms with Gasteiger partial charge in [0.05, 0.1) is 16.9 Å². The number of nitrogens with one attached hydrogen (secondary N) is 1. The van der Waals surface area contributed by atoms with Crippen LogP contribution in [0.2, 0.25) is 0 Å². The van der Waals surface area contributed by atoms with Crippen molar-refractivity contribution in [2.75, 3.05) is 45.0 Å². The SMILES string of the molecule is CNCc1c(C)nc2c(N(C)C)cccc2c1N(C)C. The highest BCUT2D eigenvalue weighted by Gasteiger charge is 2.16. The maximum Gasteiger partial charge on any atom is 0.0959 e. The molecule has 0 fully saturated rings. The fourth-order valence-corrected chi connectivity index (χ4v) is 2.67. The van der Waals surface area contributed by atoms with E-state index in [9.17, 15) is 0 Å². The van der Waals surface area contributed by atoms with Crippen molar-refractivity contribution >= 4 is 22.3 Å². The molecule has 108 valence electrons. The quantitative estimate of drug-likeness (QED) is 0.926. The lowest BCUT2D eigenvalue weighted by molar-refractivity contribution is 0.804. The minimum absolute atomic E-state index is 0.828. The molecule has 20 heavy (non-hydrogen) atoms. The number of benzene rings is 1. The zero-order chi connectivity index (χ0) is 14.9. The maximum absolute atomic E-state index is 4.85. The molecule has 0 bridgehead atoms. The molecule has 2 aromatic rings. The largest absolute Gasteiger partial charge is 0.377 e. The zero-order valence-corrected chi connectivity index (χ0v) is 13.3. The smallest absolute Gasteiger partial charge is 0.0959 e. The standard InChI is InChI=1S/C16H24N4/c1-11-13(10-17-2)16(20(5)6)12-8-7-9-14(19(3)4)15(12)18-11/h7-9,17H,10H2,1-6H3. The van der Waals surface area contributed by atoms with Gasteiger partial charge in [0.15, 0.2) is 0 Å². The van der Waals surface area contributed by atoms with E-state index < -0.39 is 0 Å². The van der Waals surface area contributed by atoms with Crippen LogP contribution in [0.1, 0.15) is 11.3 Å². The number of hydrogen-bond acceptors (Lipinski definition) is 4. The van der Waals surface area contributed by atoms with Gasteiger partial charge in [0, 0.05) is 51.4 Å². The fraction of sp³-hybridized carbons (Fsp3) is 0.438. The summed E-state index contributed by atoms with van der Waals surface area (Å²) >= 11 is 0. The summed E-state index contributed by atoms with van der Waals surface area (Å²) in [5.41, 5.74) is 5.83. The van der Waals surface area contributed by atoms with Crippen molar-refractivity contribution in [3.63, 3.8) is 0 Å². The first-order valence-corrected chi connectivity index (χ1v) is 6.88. The first-order valence-electron chi connectivity index (χ1n) is 6.88. The number of aromatic nitrogens is 1. The molecule has 1 N–H and O–H groups in total. The molecule has 0 saturated heterocycles. The predicted octanol–water partition coefficient (Wildman–Crippen LogP) is 2.39. The summed E-state index contributed by atoms with van der Waals surface area (Å²) in [6, 6.07) is 6.38. The Bertz CT molecular complexity index is 617. The molecule has 1 aromatic heterocycles. The molecule has 4 heteroatoms. The third-order valence-electron chi connectivity index (χ3n) is 3.55. The molecule has 0 unspecified atom stereocenters. The third-order valence-corrected chi connectivity index (χ3v) is 3.55. The number of anilines is 2. The third kappa shape index (κ3) is 2.43. The fourth-order valence-electron chi connectivity index (χ4n) is 2.67. The first-order chi connectivity index (χ1) is 9.47. The second-order valence-electron chi connectivity index (χ2n) is 5.52. The minimum Gasteiger partial charge on any atom is -0.377 e. The van der Waals surface area contributed by atoms with Crippen LogP contribution in [-0.4, -0.2) is 40.2 Å². The number of aryl methyl sites for hydroxylation is 1. The maximum atomic E-state index is 4.85. The summed E-state index contributed by atoms with van der Waals surface area (Å²) < 4.78 is 0. The zero-order valence-electron chi connectivity index (χ0n) is 13.3. The highest BCUT2D eigenvalue weighted by Crippen LogP contribution is 2.34. The predicted molar refractivity (Wildman–Crippen MR) is 87.9 cm³/mol. The van der Waals surface area contributed by atoms with Crippen LogP contribution in [0.5, 0.6) is 0 Å². The van der Waals surface area contributed by atoms with Gasteiger partial charge >= 0.3 is 0 Å². The van der Waals surface area contributed by atoms with E-state index in [0.717, 1.165) is 23.4 Å². The number of pyridine rings is 1. The first kappa shape index (κ1) is 14.6. The Morgan fingerprint density at radius 1 is 1.10 bits per heavy atom. The molecule has 4 nitrogen and oxygen atoms in total. The average molecular weight is 272 g/mol. The van der Waals surface area contributed by atoms with Gasteiger partial charge in [-0.2, -0.15) is 0 Å². The Balaban J connectivity index is 2.85. The van der Waals surface area contributed by atoms with E-state index >= 15 is 0 Å². The van der Waals surface area contributed by atoms with E-state index in [2.05, 4.69) is 68.4 Å². The van der Waals surface area contributed by atoms with Crippen molar-refractivity contribution in [2.45, 2.75) is 13.5 Å². The highest BCUT2D eigenvalue weighted by atomic mass is 15.1. The molecule has 0 aliphatic rings. The van der Waals surface area contributed by atoms with Crippen LogP contribution in [0.25, 0.3) is 10.9 Å². The van der Waals surface area contributed by atoms with Crippen LogP contribution >= 0.6 is 0 Å². The second kappa shape index (κ2) is 5.67. The summed E-state index contributed by atoms with van der Waals surface area (Å²) in [4.78, 5) is 9.15. The lowest BCUT2D eigenvalue weighted by Gasteiger charge is -2.24. The van der Waals surface area contributed by atoms with E-state index in [1.165, 1.54) is 16.6 Å². The van der Waals surface area contributed by atoms with Crippen molar-refractivity contribution in [1.29, 1.82) is 0 Å². The molecule has 1 aromatic carbocycles. The Morgan fingerprint density at radius 2 is 1.80 bits per heavy atom. The van der Waals surface area contributed by atoms with Crippen LogP contribution in [0.15, 0.2) is 18.2 Å². The Morgan fingerprint density at radius 3 is 2.35 bits per heavy atom. The molecule has 0 atom stereocenters. The van der Waals surface area contributed by atoms with Crippen molar-refractivity contribution in [3.05, 3.63) is 29.5 Å². The van der Waals surface area contributed by atoms with Gasteiger partial charge in [-0.3, -0.25) is 4.98 Å². The van der Waals surface area contributed by atoms with Crippen LogP contribution in [0.3, 0.4) is 0 Å². The molecule has 0 spiro atoms. The average Bonchev–Trinajstić information content (AvgIpc) is 2.38. The Kier molecular flexibility index (Phi) is 4.14. The summed E-state index contributed by atoms with van der Waals surface area (Å²) in [5.74, 6) is 0. The van der Waals surface area contributed by atoms with Crippen molar-refractivity contribution in [1.82, 2.24) is 10.3 Å². The number of nitrogens with zero attached hydrogens (tertiary/aromatic N) is 3. The van der Waals surface area contributed by atoms with Crippen LogP contribution < -0.4 is 15.1 Å². The molecule has 1 heterocycles. The topological polar surface area (TPSA) is 31.4 Å². The van der Waals surface area contributed by atoms with Gasteiger partial charge in [0.1, 0.15) is 0 Å². The van der Waals surface area contributed by atoms with Crippen LogP contribution in [-0.2, 0) is 6.54 Å². The normalized spacial score (nSPS) is 10.9. The molecule has 0 saturated carbocycles. The van der Waals surface area contributed by atoms with E-state index in [-0.39, 0.29) is 0 Å². The van der Waals surface area contributed by atoms with Crippen LogP contribution in [0, 0.1) is 6.92 Å². The van der Waals surface area contributed by atoms with Gasteiger partial charge in [-0.15, -0.1) is 0 Å². The van der Waals surface area contributed by atoms with Crippen molar-refractivity contribution < 1.29 is 0 Å². The molecule has 0 aliphatic carbocycles. The molecule has 2 rings (SSSR count). The van der Waals surface area contributed by atoms with E-state index in [4.69, 9.17) is 4.98 Å². The number of para-hydroxylation sites is 1. The Hall–Kier alpha value is -1.81. The lowest BCUT2D eigenvalue weighted by Crippen LogP contribution is -2.18. The molecular weight excluding hydrogens is 248 g/mol. The number of fused-ring (bicyclic) bond motifs is 1. The molecule has 0 aliphatic heterocycles. The number of hydrogen-bond donors (Lipinski definition) is 1. The van der Waals surface area contributed by atoms with E-state index in [1.807, 2.05) is 7.05 Å². The summed E-state index contributed by atoms with van der Waals surface area (Å²) in [6.07, 6.45) is 0. The highest BCUT2D eigenvalue weighted by molar-refractivity contribution is 6.00. The van der Waals surface area contributed by atoms with Crippen molar-refractivity contribution in [3.8, 4) is 0 Å². The second-order valence-corrected chi connectivity index (χ2v) is 5.52. The lowest BCUT2D eigenvalue weighted by atomic mass is 10.0. The van der Waals surface area contributed by atoms with Crippen LogP contribution in [0.4, 0.5) is 11.4 Å². The van der Waals surface area contributed by atoms with Gasteiger partial charge < -0.3 is 15.1 Å². The van der Waals surface area contributed by atoms with Crippen molar-refractivity contribution in [2.24, 2.45) is 0 Å².